The van der Waals surface area contributed by atoms with Gasteiger partial charge < -0.3 is 23.8 Å². The molecule has 6 nitrogen and oxygen atoms in total. The maximum atomic E-state index is 5.87. The Bertz CT molecular complexity index is 832. The zero-order valence-corrected chi connectivity index (χ0v) is 18.5. The van der Waals surface area contributed by atoms with Gasteiger partial charge >= 0.3 is 0 Å². The van der Waals surface area contributed by atoms with Gasteiger partial charge in [-0.25, -0.2) is 0 Å². The van der Waals surface area contributed by atoms with Crippen molar-refractivity contribution < 1.29 is 23.8 Å². The fourth-order valence-corrected chi connectivity index (χ4v) is 3.35. The number of hydrogen-bond donors (Lipinski definition) is 0. The van der Waals surface area contributed by atoms with E-state index in [1.165, 1.54) is 0 Å². The molecule has 0 aliphatic carbocycles. The minimum Gasteiger partial charge on any atom is -0.496 e. The SMILES string of the molecule is CCCCCC(=NOCCC)c1cc(OC)c2c(OC)ccc(OC)c2c1OC. The van der Waals surface area contributed by atoms with Crippen molar-refractivity contribution in [1.29, 1.82) is 0 Å². The van der Waals surface area contributed by atoms with Crippen LogP contribution in [-0.4, -0.2) is 40.8 Å². The number of unbranched alkanes of at least 4 members (excludes halogenated alkanes) is 2. The van der Waals surface area contributed by atoms with Crippen LogP contribution >= 0.6 is 0 Å². The van der Waals surface area contributed by atoms with Gasteiger partial charge in [0.25, 0.3) is 0 Å². The molecule has 2 aromatic carbocycles. The summed E-state index contributed by atoms with van der Waals surface area (Å²) in [6.07, 6.45) is 4.95. The third kappa shape index (κ3) is 5.05. The van der Waals surface area contributed by atoms with E-state index >= 15 is 0 Å². The van der Waals surface area contributed by atoms with Gasteiger partial charge in [-0.15, -0.1) is 0 Å². The fourth-order valence-electron chi connectivity index (χ4n) is 3.35. The monoisotopic (exact) mass is 403 g/mol. The molecule has 0 N–H and O–H groups in total. The first kappa shape index (κ1) is 22.7. The summed E-state index contributed by atoms with van der Waals surface area (Å²) in [6.45, 7) is 4.81. The molecule has 0 aromatic heterocycles. The van der Waals surface area contributed by atoms with Crippen molar-refractivity contribution in [2.24, 2.45) is 5.16 Å². The van der Waals surface area contributed by atoms with Crippen molar-refractivity contribution >= 4 is 16.5 Å². The van der Waals surface area contributed by atoms with Gasteiger partial charge in [-0.3, -0.25) is 0 Å². The van der Waals surface area contributed by atoms with Gasteiger partial charge in [-0.05, 0) is 37.5 Å². The first-order chi connectivity index (χ1) is 14.2. The van der Waals surface area contributed by atoms with Crippen molar-refractivity contribution in [1.82, 2.24) is 0 Å². The molecular weight excluding hydrogens is 370 g/mol. The van der Waals surface area contributed by atoms with E-state index in [9.17, 15) is 0 Å². The number of rotatable bonds is 12. The molecule has 0 unspecified atom stereocenters. The Morgan fingerprint density at radius 2 is 1.45 bits per heavy atom. The van der Waals surface area contributed by atoms with E-state index in [1.807, 2.05) is 18.2 Å². The molecule has 2 aromatic rings. The highest BCUT2D eigenvalue weighted by molar-refractivity contribution is 6.12. The standard InChI is InChI=1S/C23H33NO5/c1-7-9-10-11-17(24-29-14-8-2)16-15-20(27-5)21-18(25-3)12-13-19(26-4)22(21)23(16)28-6/h12-13,15H,7-11,14H2,1-6H3. The van der Waals surface area contributed by atoms with Crippen molar-refractivity contribution in [2.45, 2.75) is 46.0 Å². The van der Waals surface area contributed by atoms with Crippen LogP contribution in [-0.2, 0) is 4.84 Å². The Balaban J connectivity index is 2.77. The van der Waals surface area contributed by atoms with Crippen molar-refractivity contribution in [2.75, 3.05) is 35.0 Å². The van der Waals surface area contributed by atoms with E-state index in [4.69, 9.17) is 23.8 Å². The van der Waals surface area contributed by atoms with Gasteiger partial charge in [0, 0.05) is 5.56 Å². The topological polar surface area (TPSA) is 58.5 Å². The molecule has 0 radical (unpaired) electrons. The van der Waals surface area contributed by atoms with Crippen LogP contribution in [0.15, 0.2) is 23.4 Å². The Kier molecular flexibility index (Phi) is 8.90. The highest BCUT2D eigenvalue weighted by Crippen LogP contribution is 2.46. The largest absolute Gasteiger partial charge is 0.496 e. The van der Waals surface area contributed by atoms with Crippen molar-refractivity contribution in [3.05, 3.63) is 23.8 Å². The second-order valence-corrected chi connectivity index (χ2v) is 6.71. The number of oxime groups is 1. The Morgan fingerprint density at radius 3 is 2.00 bits per heavy atom. The average molecular weight is 404 g/mol. The van der Waals surface area contributed by atoms with E-state index in [0.29, 0.717) is 29.6 Å². The maximum Gasteiger partial charge on any atom is 0.140 e. The number of fused-ring (bicyclic) bond motifs is 1. The molecule has 0 bridgehead atoms. The Morgan fingerprint density at radius 1 is 0.793 bits per heavy atom. The number of methoxy groups -OCH3 is 4. The summed E-state index contributed by atoms with van der Waals surface area (Å²) in [5.74, 6) is 2.71. The molecule has 2 rings (SSSR count). The fraction of sp³-hybridized carbons (Fsp3) is 0.522. The van der Waals surface area contributed by atoms with Crippen LogP contribution in [0.2, 0.25) is 0 Å². The number of nitrogens with zero attached hydrogens (tertiary/aromatic N) is 1. The van der Waals surface area contributed by atoms with Crippen LogP contribution in [0, 0.1) is 0 Å². The molecule has 160 valence electrons. The molecule has 0 atom stereocenters. The highest BCUT2D eigenvalue weighted by Gasteiger charge is 2.23. The molecule has 0 aliphatic heterocycles. The molecule has 0 saturated carbocycles. The van der Waals surface area contributed by atoms with Crippen molar-refractivity contribution in [3.63, 3.8) is 0 Å². The van der Waals surface area contributed by atoms with Crippen LogP contribution < -0.4 is 18.9 Å². The van der Waals surface area contributed by atoms with Gasteiger partial charge in [0.15, 0.2) is 0 Å². The van der Waals surface area contributed by atoms with Gasteiger partial charge in [0.1, 0.15) is 29.6 Å². The molecular formula is C23H33NO5. The second-order valence-electron chi connectivity index (χ2n) is 6.71. The van der Waals surface area contributed by atoms with Crippen LogP contribution in [0.1, 0.15) is 51.5 Å². The summed E-state index contributed by atoms with van der Waals surface area (Å²) in [5, 5.41) is 6.05. The maximum absolute atomic E-state index is 5.87. The summed E-state index contributed by atoms with van der Waals surface area (Å²) >= 11 is 0. The first-order valence-electron chi connectivity index (χ1n) is 10.2. The summed E-state index contributed by atoms with van der Waals surface area (Å²) in [6, 6.07) is 5.68. The predicted octanol–water partition coefficient (Wildman–Crippen LogP) is 5.59. The zero-order chi connectivity index (χ0) is 21.2. The number of benzene rings is 2. The molecule has 0 heterocycles. The van der Waals surface area contributed by atoms with E-state index in [1.54, 1.807) is 28.4 Å². The van der Waals surface area contributed by atoms with Gasteiger partial charge in [0.05, 0.1) is 44.9 Å². The average Bonchev–Trinajstić information content (AvgIpc) is 2.76. The highest BCUT2D eigenvalue weighted by atomic mass is 16.6. The third-order valence-corrected chi connectivity index (χ3v) is 4.78. The molecule has 6 heteroatoms. The number of ether oxygens (including phenoxy) is 4. The van der Waals surface area contributed by atoms with Crippen LogP contribution in [0.5, 0.6) is 23.0 Å². The summed E-state index contributed by atoms with van der Waals surface area (Å²) < 4.78 is 22.8. The summed E-state index contributed by atoms with van der Waals surface area (Å²) in [4.78, 5) is 5.55. The minimum atomic E-state index is 0.571. The van der Waals surface area contributed by atoms with E-state index in [-0.39, 0.29) is 0 Å². The second kappa shape index (κ2) is 11.4. The number of hydrogen-bond acceptors (Lipinski definition) is 6. The van der Waals surface area contributed by atoms with E-state index in [2.05, 4.69) is 19.0 Å². The quantitative estimate of drug-likeness (QED) is 0.263. The van der Waals surface area contributed by atoms with Gasteiger partial charge in [0.2, 0.25) is 0 Å². The molecule has 0 aliphatic rings. The van der Waals surface area contributed by atoms with E-state index in [0.717, 1.165) is 54.2 Å². The Labute approximate surface area is 173 Å². The van der Waals surface area contributed by atoms with Crippen molar-refractivity contribution in [3.8, 4) is 23.0 Å². The lowest BCUT2D eigenvalue weighted by atomic mass is 9.97. The molecule has 0 saturated heterocycles. The predicted molar refractivity (Wildman–Crippen MR) is 117 cm³/mol. The van der Waals surface area contributed by atoms with Gasteiger partial charge in [-0.2, -0.15) is 0 Å². The lowest BCUT2D eigenvalue weighted by molar-refractivity contribution is 0.144. The lowest BCUT2D eigenvalue weighted by Gasteiger charge is -2.19. The minimum absolute atomic E-state index is 0.571. The molecule has 0 fully saturated rings. The Hall–Kier alpha value is -2.63. The third-order valence-electron chi connectivity index (χ3n) is 4.78. The normalized spacial score (nSPS) is 11.4. The summed E-state index contributed by atoms with van der Waals surface area (Å²) in [5.41, 5.74) is 1.68. The zero-order valence-electron chi connectivity index (χ0n) is 18.5. The van der Waals surface area contributed by atoms with Gasteiger partial charge in [-0.1, -0.05) is 31.8 Å². The molecule has 0 spiro atoms. The summed E-state index contributed by atoms with van der Waals surface area (Å²) in [7, 11) is 6.57. The van der Waals surface area contributed by atoms with Crippen LogP contribution in [0.3, 0.4) is 0 Å². The smallest absolute Gasteiger partial charge is 0.140 e. The van der Waals surface area contributed by atoms with E-state index < -0.39 is 0 Å². The van der Waals surface area contributed by atoms with Crippen LogP contribution in [0.4, 0.5) is 0 Å². The first-order valence-corrected chi connectivity index (χ1v) is 10.2. The van der Waals surface area contributed by atoms with Crippen LogP contribution in [0.25, 0.3) is 10.8 Å². The molecule has 0 amide bonds. The molecule has 29 heavy (non-hydrogen) atoms. The lowest BCUT2D eigenvalue weighted by Crippen LogP contribution is -2.08.